The molecule has 1 aliphatic heterocycles. The minimum atomic E-state index is -1.31. The highest BCUT2D eigenvalue weighted by Gasteiger charge is 2.36. The molecule has 8 amide bonds. The Bertz CT molecular complexity index is 1740. The summed E-state index contributed by atoms with van der Waals surface area (Å²) in [5.74, 6) is -7.74. The van der Waals surface area contributed by atoms with Crippen molar-refractivity contribution >= 4 is 65.9 Å². The standard InChI is InChI=1S/C41H65N9O11S/c1-8-23(6)34(41(60)61)48-31(52)18-43-39(58)30-10-9-15-50(30)32(53)19-44-36(55)28(17-25-11-13-26(51)14-12-25)46-38(57)29(20-62)47-40(59)33(22(4)5)49-37(56)27(16-21(2)3)45-35(54)24(7)42/h11-14,21-24,27-30,33-34,51,62H,8-10,15-20,42H2,1-7H3,(H,43,58)(H,44,55)(H,45,54)(H,46,57)(H,47,59)(H,48,52)(H,49,56)(H,60,61)/t23-,24-,27-,28-,29-,30-,33-,34-/m0/s1. The number of phenols is 1. The molecule has 0 aromatic heterocycles. The summed E-state index contributed by atoms with van der Waals surface area (Å²) in [5.41, 5.74) is 6.21. The number of nitrogens with zero attached hydrogens (tertiary/aromatic N) is 1. The van der Waals surface area contributed by atoms with E-state index in [1.807, 2.05) is 13.8 Å². The number of rotatable bonds is 24. The van der Waals surface area contributed by atoms with Crippen LogP contribution in [0.4, 0.5) is 0 Å². The molecule has 8 atom stereocenters. The van der Waals surface area contributed by atoms with Gasteiger partial charge in [-0.2, -0.15) is 12.6 Å². The molecular weight excluding hydrogens is 827 g/mol. The first-order chi connectivity index (χ1) is 29.1. The van der Waals surface area contributed by atoms with Gasteiger partial charge in [-0.3, -0.25) is 38.4 Å². The van der Waals surface area contributed by atoms with Crippen LogP contribution in [-0.4, -0.2) is 136 Å². The Kier molecular flexibility index (Phi) is 21.7. The molecule has 11 N–H and O–H groups in total. The number of benzene rings is 1. The van der Waals surface area contributed by atoms with Crippen LogP contribution >= 0.6 is 12.6 Å². The summed E-state index contributed by atoms with van der Waals surface area (Å²) < 4.78 is 0. The van der Waals surface area contributed by atoms with Gasteiger partial charge in [-0.15, -0.1) is 0 Å². The Hall–Kier alpha value is -5.44. The van der Waals surface area contributed by atoms with Gasteiger partial charge < -0.3 is 58.1 Å². The number of nitrogens with one attached hydrogen (secondary N) is 7. The van der Waals surface area contributed by atoms with Crippen LogP contribution < -0.4 is 43.0 Å². The molecule has 0 unspecified atom stereocenters. The van der Waals surface area contributed by atoms with Gasteiger partial charge >= 0.3 is 5.97 Å². The highest BCUT2D eigenvalue weighted by atomic mass is 32.1. The van der Waals surface area contributed by atoms with Crippen molar-refractivity contribution in [1.82, 2.24) is 42.1 Å². The summed E-state index contributed by atoms with van der Waals surface area (Å²) in [6.45, 7) is 11.1. The van der Waals surface area contributed by atoms with Gasteiger partial charge in [0.15, 0.2) is 0 Å². The van der Waals surface area contributed by atoms with E-state index < -0.39 is 115 Å². The van der Waals surface area contributed by atoms with Crippen molar-refractivity contribution in [2.75, 3.05) is 25.4 Å². The molecule has 2 rings (SSSR count). The molecule has 0 radical (unpaired) electrons. The number of aromatic hydroxyl groups is 1. The predicted octanol–water partition coefficient (Wildman–Crippen LogP) is -1.31. The maximum atomic E-state index is 13.7. The zero-order valence-corrected chi connectivity index (χ0v) is 37.4. The van der Waals surface area contributed by atoms with E-state index in [-0.39, 0.29) is 49.1 Å². The van der Waals surface area contributed by atoms with Gasteiger partial charge in [-0.05, 0) is 61.6 Å². The SMILES string of the molecule is CC[C@H](C)[C@H](NC(=O)CNC(=O)[C@@H]1CCCN1C(=O)CNC(=O)[C@H](Cc1ccc(O)cc1)NC(=O)[C@H](CS)NC(=O)[C@@H](NC(=O)[C@H](CC(C)C)NC(=O)[C@H](C)N)C(C)C)C(=O)O. The van der Waals surface area contributed by atoms with E-state index in [0.717, 1.165) is 0 Å². The lowest BCUT2D eigenvalue weighted by atomic mass is 9.99. The molecule has 20 nitrogen and oxygen atoms in total. The zero-order valence-electron chi connectivity index (χ0n) is 36.5. The number of likely N-dealkylation sites (tertiary alicyclic amines) is 1. The highest BCUT2D eigenvalue weighted by Crippen LogP contribution is 2.18. The minimum absolute atomic E-state index is 0.000576. The number of phenolic OH excluding ortho intramolecular Hbond substituents is 1. The Morgan fingerprint density at radius 3 is 1.90 bits per heavy atom. The normalized spacial score (nSPS) is 17.0. The molecule has 1 aromatic carbocycles. The number of carbonyl (C=O) groups excluding carboxylic acids is 8. The topological polar surface area (TPSA) is 308 Å². The lowest BCUT2D eigenvalue weighted by molar-refractivity contribution is -0.143. The van der Waals surface area contributed by atoms with Crippen LogP contribution in [0.25, 0.3) is 0 Å². The van der Waals surface area contributed by atoms with Crippen molar-refractivity contribution in [3.8, 4) is 5.75 Å². The van der Waals surface area contributed by atoms with Gasteiger partial charge in [0, 0.05) is 18.7 Å². The number of aliphatic carboxylic acids is 1. The summed E-state index contributed by atoms with van der Waals surface area (Å²) in [4.78, 5) is 118. The quantitative estimate of drug-likeness (QED) is 0.0540. The highest BCUT2D eigenvalue weighted by molar-refractivity contribution is 7.80. The minimum Gasteiger partial charge on any atom is -0.508 e. The fourth-order valence-corrected chi connectivity index (χ4v) is 6.77. The number of hydrogen-bond acceptors (Lipinski definition) is 12. The van der Waals surface area contributed by atoms with Crippen LogP contribution in [0.5, 0.6) is 5.75 Å². The predicted molar refractivity (Wildman–Crippen MR) is 231 cm³/mol. The van der Waals surface area contributed by atoms with Crippen LogP contribution in [0.15, 0.2) is 24.3 Å². The first-order valence-electron chi connectivity index (χ1n) is 20.8. The second kappa shape index (κ2) is 25.5. The van der Waals surface area contributed by atoms with Crippen molar-refractivity contribution in [3.63, 3.8) is 0 Å². The van der Waals surface area contributed by atoms with E-state index in [0.29, 0.717) is 18.4 Å². The van der Waals surface area contributed by atoms with Gasteiger partial charge in [0.1, 0.15) is 42.0 Å². The molecular formula is C41H65N9O11S. The van der Waals surface area contributed by atoms with Crippen molar-refractivity contribution in [2.24, 2.45) is 23.5 Å². The van der Waals surface area contributed by atoms with E-state index in [2.05, 4.69) is 49.8 Å². The first kappa shape index (κ1) is 52.7. The van der Waals surface area contributed by atoms with Crippen LogP contribution in [0.2, 0.25) is 0 Å². The smallest absolute Gasteiger partial charge is 0.326 e. The van der Waals surface area contributed by atoms with Crippen LogP contribution in [-0.2, 0) is 49.6 Å². The average Bonchev–Trinajstić information content (AvgIpc) is 3.71. The monoisotopic (exact) mass is 891 g/mol. The Balaban J connectivity index is 2.16. The third kappa shape index (κ3) is 16.8. The zero-order chi connectivity index (χ0) is 46.8. The number of carboxylic acids is 1. The maximum absolute atomic E-state index is 13.7. The summed E-state index contributed by atoms with van der Waals surface area (Å²) in [6.07, 6.45) is 1.39. The summed E-state index contributed by atoms with van der Waals surface area (Å²) >= 11 is 4.26. The van der Waals surface area contributed by atoms with Crippen molar-refractivity contribution in [1.29, 1.82) is 0 Å². The molecule has 1 aromatic rings. The van der Waals surface area contributed by atoms with Crippen molar-refractivity contribution < 1.29 is 53.4 Å². The maximum Gasteiger partial charge on any atom is 0.326 e. The van der Waals surface area contributed by atoms with E-state index >= 15 is 0 Å². The fraction of sp³-hybridized carbons (Fsp3) is 0.634. The summed E-state index contributed by atoms with van der Waals surface area (Å²) in [7, 11) is 0. The van der Waals surface area contributed by atoms with E-state index in [1.165, 1.54) is 36.1 Å². The fourth-order valence-electron chi connectivity index (χ4n) is 6.52. The van der Waals surface area contributed by atoms with Crippen LogP contribution in [0.1, 0.15) is 79.7 Å². The second-order valence-corrected chi connectivity index (χ2v) is 16.7. The number of thiol groups is 1. The summed E-state index contributed by atoms with van der Waals surface area (Å²) in [5, 5.41) is 37.1. The largest absolute Gasteiger partial charge is 0.508 e. The van der Waals surface area contributed by atoms with E-state index in [1.54, 1.807) is 27.7 Å². The molecule has 1 fully saturated rings. The third-order valence-electron chi connectivity index (χ3n) is 10.3. The van der Waals surface area contributed by atoms with Crippen LogP contribution in [0, 0.1) is 17.8 Å². The van der Waals surface area contributed by atoms with Crippen LogP contribution in [0.3, 0.4) is 0 Å². The molecule has 0 aliphatic carbocycles. The van der Waals surface area contributed by atoms with Gasteiger partial charge in [0.25, 0.3) is 0 Å². The molecule has 1 heterocycles. The van der Waals surface area contributed by atoms with Gasteiger partial charge in [0.05, 0.1) is 19.1 Å². The van der Waals surface area contributed by atoms with Gasteiger partial charge in [-0.1, -0.05) is 60.1 Å². The lowest BCUT2D eigenvalue weighted by Crippen LogP contribution is -2.60. The molecule has 0 spiro atoms. The van der Waals surface area contributed by atoms with Gasteiger partial charge in [-0.25, -0.2) is 4.79 Å². The molecule has 1 aliphatic rings. The number of carboxylic acid groups (broad SMARTS) is 1. The van der Waals surface area contributed by atoms with Crippen molar-refractivity contribution in [3.05, 3.63) is 29.8 Å². The molecule has 21 heteroatoms. The number of hydrogen-bond donors (Lipinski definition) is 11. The van der Waals surface area contributed by atoms with E-state index in [4.69, 9.17) is 5.73 Å². The molecule has 346 valence electrons. The molecule has 0 saturated carbocycles. The number of carbonyl (C=O) groups is 9. The Morgan fingerprint density at radius 1 is 0.758 bits per heavy atom. The Labute approximate surface area is 367 Å². The molecule has 1 saturated heterocycles. The summed E-state index contributed by atoms with van der Waals surface area (Å²) in [6, 6.07) is -1.89. The third-order valence-corrected chi connectivity index (χ3v) is 10.7. The lowest BCUT2D eigenvalue weighted by Gasteiger charge is -2.28. The van der Waals surface area contributed by atoms with E-state index in [9.17, 15) is 53.4 Å². The second-order valence-electron chi connectivity index (χ2n) is 16.3. The average molecular weight is 892 g/mol. The number of amides is 8. The molecule has 62 heavy (non-hydrogen) atoms. The van der Waals surface area contributed by atoms with Crippen molar-refractivity contribution in [2.45, 2.75) is 123 Å². The Morgan fingerprint density at radius 2 is 1.35 bits per heavy atom. The number of nitrogens with two attached hydrogens (primary N) is 1. The van der Waals surface area contributed by atoms with Gasteiger partial charge in [0.2, 0.25) is 47.3 Å². The first-order valence-corrected chi connectivity index (χ1v) is 21.5. The molecule has 0 bridgehead atoms.